The summed E-state index contributed by atoms with van der Waals surface area (Å²) in [5.41, 5.74) is 0.560. The Kier molecular flexibility index (Phi) is 10.3. The van der Waals surface area contributed by atoms with E-state index in [1.807, 2.05) is 0 Å². The van der Waals surface area contributed by atoms with E-state index in [1.54, 1.807) is 48.5 Å². The highest BCUT2D eigenvalue weighted by atomic mass is 32.2. The minimum Gasteiger partial charge on any atom is -0.378 e. The van der Waals surface area contributed by atoms with Crippen molar-refractivity contribution in [1.82, 2.24) is 14.5 Å². The molecule has 11 nitrogen and oxygen atoms in total. The number of nitrogens with one attached hydrogen (secondary N) is 1. The first kappa shape index (κ1) is 30.8. The van der Waals surface area contributed by atoms with Crippen LogP contribution in [0.5, 0.6) is 0 Å². The van der Waals surface area contributed by atoms with Crippen molar-refractivity contribution in [2.45, 2.75) is 36.0 Å². The molecular formula is C28H35N3O8S2. The number of carbonyl (C=O) groups is 3. The molecule has 0 spiro atoms. The van der Waals surface area contributed by atoms with Gasteiger partial charge in [0.25, 0.3) is 0 Å². The van der Waals surface area contributed by atoms with Gasteiger partial charge in [0.05, 0.1) is 48.1 Å². The van der Waals surface area contributed by atoms with Crippen molar-refractivity contribution in [1.29, 1.82) is 0 Å². The van der Waals surface area contributed by atoms with Gasteiger partial charge in [-0.1, -0.05) is 48.5 Å². The van der Waals surface area contributed by atoms with E-state index in [0.717, 1.165) is 4.31 Å². The average Bonchev–Trinajstić information content (AvgIpc) is 3.15. The van der Waals surface area contributed by atoms with Gasteiger partial charge in [0.2, 0.25) is 21.8 Å². The molecule has 4 rings (SSSR count). The predicted molar refractivity (Wildman–Crippen MR) is 151 cm³/mol. The average molecular weight is 606 g/mol. The zero-order chi connectivity index (χ0) is 29.5. The summed E-state index contributed by atoms with van der Waals surface area (Å²) >= 11 is 0. The number of morpholine rings is 1. The van der Waals surface area contributed by atoms with Crippen molar-refractivity contribution in [2.24, 2.45) is 5.92 Å². The van der Waals surface area contributed by atoms with E-state index in [2.05, 4.69) is 5.32 Å². The molecule has 222 valence electrons. The summed E-state index contributed by atoms with van der Waals surface area (Å²) in [5.74, 6) is -3.67. The third-order valence-corrected chi connectivity index (χ3v) is 10.7. The molecule has 2 aliphatic heterocycles. The summed E-state index contributed by atoms with van der Waals surface area (Å²) in [7, 11) is -7.71. The number of hydrogen-bond acceptors (Lipinski definition) is 8. The molecule has 2 aromatic carbocycles. The van der Waals surface area contributed by atoms with E-state index >= 15 is 0 Å². The predicted octanol–water partition coefficient (Wildman–Crippen LogP) is 1.01. The molecule has 2 fully saturated rings. The molecule has 2 aromatic rings. The zero-order valence-electron chi connectivity index (χ0n) is 22.7. The smallest absolute Gasteiger partial charge is 0.243 e. The van der Waals surface area contributed by atoms with Gasteiger partial charge in [-0.2, -0.15) is 4.31 Å². The Labute approximate surface area is 240 Å². The van der Waals surface area contributed by atoms with Crippen LogP contribution < -0.4 is 5.32 Å². The molecule has 2 saturated heterocycles. The first-order chi connectivity index (χ1) is 19.5. The Morgan fingerprint density at radius 3 is 2.22 bits per heavy atom. The summed E-state index contributed by atoms with van der Waals surface area (Å²) in [5, 5.41) is 2.65. The lowest BCUT2D eigenvalue weighted by molar-refractivity contribution is -0.139. The third-order valence-electron chi connectivity index (χ3n) is 7.16. The van der Waals surface area contributed by atoms with Crippen LogP contribution in [0.25, 0.3) is 0 Å². The standard InChI is InChI=1S/C28H35N3O8S2/c32-26-19-31(41(37,38)24-10-5-2-6-11-24)13-7-12-25(26)29-28(34)23(18-27(33)30-14-16-39-17-15-30)21-40(35,36)20-22-8-3-1-4-9-22/h1-6,8-11,23,25H,7,12-21H2,(H,29,34). The fourth-order valence-electron chi connectivity index (χ4n) is 4.96. The van der Waals surface area contributed by atoms with Gasteiger partial charge in [-0.25, -0.2) is 16.8 Å². The second-order valence-corrected chi connectivity index (χ2v) is 14.3. The molecule has 41 heavy (non-hydrogen) atoms. The van der Waals surface area contributed by atoms with E-state index < -0.39 is 55.8 Å². The zero-order valence-corrected chi connectivity index (χ0v) is 24.3. The lowest BCUT2D eigenvalue weighted by atomic mass is 10.0. The van der Waals surface area contributed by atoms with Crippen molar-refractivity contribution >= 4 is 37.5 Å². The Balaban J connectivity index is 1.47. The molecule has 0 aromatic heterocycles. The van der Waals surface area contributed by atoms with Gasteiger partial charge >= 0.3 is 0 Å². The maximum Gasteiger partial charge on any atom is 0.243 e. The molecule has 0 saturated carbocycles. The van der Waals surface area contributed by atoms with Crippen LogP contribution in [0.1, 0.15) is 24.8 Å². The van der Waals surface area contributed by atoms with Gasteiger partial charge in [0.15, 0.2) is 15.6 Å². The van der Waals surface area contributed by atoms with Gasteiger partial charge in [-0.3, -0.25) is 14.4 Å². The molecule has 2 unspecified atom stereocenters. The molecule has 2 amide bonds. The number of benzene rings is 2. The van der Waals surface area contributed by atoms with Gasteiger partial charge < -0.3 is 15.0 Å². The highest BCUT2D eigenvalue weighted by Crippen LogP contribution is 2.21. The van der Waals surface area contributed by atoms with E-state index in [0.29, 0.717) is 38.3 Å². The number of sulfonamides is 1. The first-order valence-corrected chi connectivity index (χ1v) is 16.8. The van der Waals surface area contributed by atoms with Gasteiger partial charge in [0, 0.05) is 26.1 Å². The summed E-state index contributed by atoms with van der Waals surface area (Å²) in [6, 6.07) is 15.3. The molecule has 2 aliphatic rings. The summed E-state index contributed by atoms with van der Waals surface area (Å²) in [6.45, 7) is 1.07. The minimum absolute atomic E-state index is 0.0700. The van der Waals surface area contributed by atoms with Crippen molar-refractivity contribution < 1.29 is 36.0 Å². The Morgan fingerprint density at radius 2 is 1.56 bits per heavy atom. The highest BCUT2D eigenvalue weighted by molar-refractivity contribution is 7.90. The highest BCUT2D eigenvalue weighted by Gasteiger charge is 2.36. The van der Waals surface area contributed by atoms with Crippen LogP contribution in [0.3, 0.4) is 0 Å². The Morgan fingerprint density at radius 1 is 0.927 bits per heavy atom. The van der Waals surface area contributed by atoms with Gasteiger partial charge in [-0.15, -0.1) is 0 Å². The number of amides is 2. The van der Waals surface area contributed by atoms with Crippen molar-refractivity contribution in [3.8, 4) is 0 Å². The van der Waals surface area contributed by atoms with E-state index in [9.17, 15) is 31.2 Å². The van der Waals surface area contributed by atoms with Crippen LogP contribution in [0.4, 0.5) is 0 Å². The quantitative estimate of drug-likeness (QED) is 0.422. The third kappa shape index (κ3) is 8.44. The molecule has 13 heteroatoms. The van der Waals surface area contributed by atoms with Crippen LogP contribution in [0.2, 0.25) is 0 Å². The number of ketones is 1. The molecule has 2 atom stereocenters. The topological polar surface area (TPSA) is 147 Å². The molecule has 0 radical (unpaired) electrons. The summed E-state index contributed by atoms with van der Waals surface area (Å²) < 4.78 is 58.7. The second kappa shape index (κ2) is 13.7. The SMILES string of the molecule is O=C(NC1CCCN(S(=O)(=O)c2ccccc2)CC1=O)C(CC(=O)N1CCOCC1)CS(=O)(=O)Cc1ccccc1. The van der Waals surface area contributed by atoms with E-state index in [4.69, 9.17) is 4.74 Å². The maximum absolute atomic E-state index is 13.5. The first-order valence-electron chi connectivity index (χ1n) is 13.5. The number of ether oxygens (including phenoxy) is 1. The van der Waals surface area contributed by atoms with Crippen LogP contribution in [0.15, 0.2) is 65.6 Å². The van der Waals surface area contributed by atoms with Crippen LogP contribution >= 0.6 is 0 Å². The number of sulfone groups is 1. The Hall–Kier alpha value is -3.13. The fourth-order valence-corrected chi connectivity index (χ4v) is 8.12. The second-order valence-electron chi connectivity index (χ2n) is 10.3. The molecular weight excluding hydrogens is 570 g/mol. The van der Waals surface area contributed by atoms with Crippen molar-refractivity contribution in [3.05, 3.63) is 66.2 Å². The van der Waals surface area contributed by atoms with Crippen LogP contribution in [0, 0.1) is 5.92 Å². The normalized spacial score (nSPS) is 19.8. The number of carbonyl (C=O) groups excluding carboxylic acids is 3. The summed E-state index contributed by atoms with van der Waals surface area (Å²) in [4.78, 5) is 41.2. The lowest BCUT2D eigenvalue weighted by Gasteiger charge is -2.28. The monoisotopic (exact) mass is 605 g/mol. The molecule has 0 bridgehead atoms. The Bertz CT molecular complexity index is 1430. The van der Waals surface area contributed by atoms with Crippen molar-refractivity contribution in [2.75, 3.05) is 45.1 Å². The number of hydrogen-bond donors (Lipinski definition) is 1. The lowest BCUT2D eigenvalue weighted by Crippen LogP contribution is -2.48. The number of Topliss-reactive ketones (excluding diaryl/α,β-unsaturated/α-hetero) is 1. The van der Waals surface area contributed by atoms with Crippen LogP contribution in [-0.4, -0.2) is 94.8 Å². The van der Waals surface area contributed by atoms with Crippen LogP contribution in [-0.2, 0) is 44.7 Å². The van der Waals surface area contributed by atoms with E-state index in [-0.39, 0.29) is 35.9 Å². The largest absolute Gasteiger partial charge is 0.378 e. The maximum atomic E-state index is 13.5. The molecule has 2 heterocycles. The minimum atomic E-state index is -3.91. The van der Waals surface area contributed by atoms with Crippen molar-refractivity contribution in [3.63, 3.8) is 0 Å². The fraction of sp³-hybridized carbons (Fsp3) is 0.464. The van der Waals surface area contributed by atoms with Gasteiger partial charge in [0.1, 0.15) is 0 Å². The van der Waals surface area contributed by atoms with Gasteiger partial charge in [-0.05, 0) is 30.5 Å². The molecule has 0 aliphatic carbocycles. The molecule has 1 N–H and O–H groups in total. The number of nitrogens with zero attached hydrogens (tertiary/aromatic N) is 2. The number of rotatable bonds is 10. The van der Waals surface area contributed by atoms with E-state index in [1.165, 1.54) is 17.0 Å². The summed E-state index contributed by atoms with van der Waals surface area (Å²) in [6.07, 6.45) is 0.161.